The van der Waals surface area contributed by atoms with E-state index < -0.39 is 0 Å². The highest BCUT2D eigenvalue weighted by atomic mass is 32.1. The summed E-state index contributed by atoms with van der Waals surface area (Å²) in [6, 6.07) is 8.51. The molecule has 2 rings (SSSR count). The summed E-state index contributed by atoms with van der Waals surface area (Å²) in [4.78, 5) is 0. The zero-order valence-electron chi connectivity index (χ0n) is 4.74. The maximum absolute atomic E-state index is 2.21. The Kier molecular flexibility index (Phi) is 1.25. The van der Waals surface area contributed by atoms with E-state index in [1.807, 2.05) is 11.3 Å². The predicted octanol–water partition coefficient (Wildman–Crippen LogP) is 3.48. The minimum Gasteiger partial charge on any atom is -0.138 e. The summed E-state index contributed by atoms with van der Waals surface area (Å²) in [6.07, 6.45) is 0. The first-order chi connectivity index (χ1) is 4.47. The third-order valence-corrected chi connectivity index (χ3v) is 3.51. The van der Waals surface area contributed by atoms with Crippen LogP contribution in [0.2, 0.25) is 0 Å². The van der Waals surface area contributed by atoms with Gasteiger partial charge in [0.05, 0.1) is 0 Å². The van der Waals surface area contributed by atoms with Crippen molar-refractivity contribution >= 4 is 29.3 Å². The lowest BCUT2D eigenvalue weighted by molar-refractivity contribution is 1.88. The summed E-state index contributed by atoms with van der Waals surface area (Å²) in [7, 11) is 1.36. The van der Waals surface area contributed by atoms with E-state index in [2.05, 4.69) is 29.4 Å². The van der Waals surface area contributed by atoms with E-state index in [9.17, 15) is 0 Å². The maximum atomic E-state index is 2.21. The molecule has 9 heavy (non-hydrogen) atoms. The first-order valence-electron chi connectivity index (χ1n) is 2.75. The van der Waals surface area contributed by atoms with Gasteiger partial charge in [0, 0.05) is 14.9 Å². The standard InChI is InChI=1S/C7H5PS/c1-2-4-7-6(3-1)8-5-9-7/h1-5H. The largest absolute Gasteiger partial charge is 0.138 e. The molecule has 0 fully saturated rings. The van der Waals surface area contributed by atoms with Gasteiger partial charge in [0.2, 0.25) is 0 Å². The monoisotopic (exact) mass is 152 g/mol. The highest BCUT2D eigenvalue weighted by Crippen LogP contribution is 2.28. The lowest BCUT2D eigenvalue weighted by atomic mass is 10.4. The van der Waals surface area contributed by atoms with Gasteiger partial charge in [0.1, 0.15) is 0 Å². The second-order valence-corrected chi connectivity index (χ2v) is 4.08. The summed E-state index contributed by atoms with van der Waals surface area (Å²) >= 11 is 1.83. The molecular formula is C7H5PS. The molecule has 0 bridgehead atoms. The number of benzene rings is 1. The van der Waals surface area contributed by atoms with Gasteiger partial charge in [-0.05, 0) is 12.1 Å². The van der Waals surface area contributed by atoms with Crippen LogP contribution < -0.4 is 0 Å². The third kappa shape index (κ3) is 0.868. The average molecular weight is 152 g/mol. The zero-order valence-corrected chi connectivity index (χ0v) is 6.45. The summed E-state index contributed by atoms with van der Waals surface area (Å²) in [6.45, 7) is 0. The fourth-order valence-corrected chi connectivity index (χ4v) is 2.96. The van der Waals surface area contributed by atoms with Gasteiger partial charge in [-0.25, -0.2) is 0 Å². The zero-order chi connectivity index (χ0) is 6.10. The number of rotatable bonds is 0. The maximum Gasteiger partial charge on any atom is 0.0392 e. The summed E-state index contributed by atoms with van der Waals surface area (Å²) in [5.74, 6) is 0. The van der Waals surface area contributed by atoms with Crippen molar-refractivity contribution in [2.75, 3.05) is 0 Å². The lowest BCUT2D eigenvalue weighted by Crippen LogP contribution is -1.53. The van der Waals surface area contributed by atoms with E-state index >= 15 is 0 Å². The smallest absolute Gasteiger partial charge is 0.0392 e. The molecular weight excluding hydrogens is 147 g/mol. The summed E-state index contributed by atoms with van der Waals surface area (Å²) < 4.78 is 1.42. The Labute approximate surface area is 59.3 Å². The molecule has 0 saturated heterocycles. The molecule has 1 aromatic heterocycles. The Morgan fingerprint density at radius 1 is 1.22 bits per heavy atom. The molecule has 1 aromatic carbocycles. The molecule has 44 valence electrons. The minimum absolute atomic E-state index is 1.36. The Morgan fingerprint density at radius 2 is 2.11 bits per heavy atom. The van der Waals surface area contributed by atoms with Crippen LogP contribution in [0.5, 0.6) is 0 Å². The molecule has 0 nitrogen and oxygen atoms in total. The van der Waals surface area contributed by atoms with Crippen molar-refractivity contribution in [3.8, 4) is 0 Å². The van der Waals surface area contributed by atoms with Crippen LogP contribution in [-0.4, -0.2) is 0 Å². The van der Waals surface area contributed by atoms with Crippen LogP contribution in [0.1, 0.15) is 0 Å². The summed E-state index contributed by atoms with van der Waals surface area (Å²) in [5.41, 5.74) is 0. The molecule has 0 unspecified atom stereocenters. The van der Waals surface area contributed by atoms with Crippen molar-refractivity contribution < 1.29 is 0 Å². The molecule has 0 saturated carbocycles. The van der Waals surface area contributed by atoms with Crippen LogP contribution in [0, 0.1) is 0 Å². The van der Waals surface area contributed by atoms with Crippen LogP contribution in [0.25, 0.3) is 9.82 Å². The fraction of sp³-hybridized carbons (Fsp3) is 0. The first-order valence-corrected chi connectivity index (χ1v) is 4.59. The Bertz CT molecular complexity index is 283. The molecule has 0 amide bonds. The average Bonchev–Trinajstić information content (AvgIpc) is 2.33. The van der Waals surface area contributed by atoms with Gasteiger partial charge < -0.3 is 0 Å². The van der Waals surface area contributed by atoms with Gasteiger partial charge in [-0.15, -0.1) is 11.3 Å². The number of hydrogen-bond donors (Lipinski definition) is 0. The highest BCUT2D eigenvalue weighted by Gasteiger charge is 1.88. The topological polar surface area (TPSA) is 0 Å². The minimum atomic E-state index is 1.36. The predicted molar refractivity (Wildman–Crippen MR) is 44.3 cm³/mol. The Balaban J connectivity index is 2.95. The van der Waals surface area contributed by atoms with Crippen LogP contribution in [0.4, 0.5) is 0 Å². The molecule has 0 radical (unpaired) electrons. The first kappa shape index (κ1) is 5.40. The molecule has 0 atom stereocenters. The van der Waals surface area contributed by atoms with E-state index in [0.29, 0.717) is 0 Å². The normalized spacial score (nSPS) is 11.1. The second-order valence-electron chi connectivity index (χ2n) is 1.82. The van der Waals surface area contributed by atoms with E-state index in [-0.39, 0.29) is 0 Å². The molecule has 0 aliphatic heterocycles. The van der Waals surface area contributed by atoms with Crippen molar-refractivity contribution in [2.24, 2.45) is 0 Å². The number of hydrogen-bond acceptors (Lipinski definition) is 1. The SMILES string of the molecule is c1ccc2scpc2c1. The van der Waals surface area contributed by atoms with Crippen molar-refractivity contribution in [1.82, 2.24) is 0 Å². The van der Waals surface area contributed by atoms with Gasteiger partial charge >= 0.3 is 0 Å². The molecule has 0 N–H and O–H groups in total. The van der Waals surface area contributed by atoms with Crippen LogP contribution >= 0.6 is 19.5 Å². The molecule has 1 heterocycles. The molecule has 0 aliphatic rings. The van der Waals surface area contributed by atoms with Gasteiger partial charge in [-0.1, -0.05) is 20.3 Å². The number of fused-ring (bicyclic) bond motifs is 1. The van der Waals surface area contributed by atoms with Crippen molar-refractivity contribution in [1.29, 1.82) is 0 Å². The van der Waals surface area contributed by atoms with Gasteiger partial charge in [-0.3, -0.25) is 0 Å². The van der Waals surface area contributed by atoms with Crippen LogP contribution in [0.3, 0.4) is 0 Å². The van der Waals surface area contributed by atoms with Crippen molar-refractivity contribution in [3.63, 3.8) is 0 Å². The van der Waals surface area contributed by atoms with E-state index in [1.165, 1.54) is 18.0 Å². The lowest BCUT2D eigenvalue weighted by Gasteiger charge is -1.81. The molecule has 0 spiro atoms. The summed E-state index contributed by atoms with van der Waals surface area (Å²) in [5, 5.41) is 3.66. The van der Waals surface area contributed by atoms with Gasteiger partial charge in [0.25, 0.3) is 0 Å². The molecule has 2 heteroatoms. The van der Waals surface area contributed by atoms with Gasteiger partial charge in [0.15, 0.2) is 0 Å². The van der Waals surface area contributed by atoms with Gasteiger partial charge in [-0.2, -0.15) is 0 Å². The van der Waals surface area contributed by atoms with E-state index in [1.54, 1.807) is 0 Å². The van der Waals surface area contributed by atoms with Crippen LogP contribution in [0.15, 0.2) is 29.4 Å². The van der Waals surface area contributed by atoms with Crippen molar-refractivity contribution in [2.45, 2.75) is 0 Å². The molecule has 0 aliphatic carbocycles. The quantitative estimate of drug-likeness (QED) is 0.542. The Morgan fingerprint density at radius 3 is 3.00 bits per heavy atom. The Hall–Kier alpha value is -0.390. The fourth-order valence-electron chi connectivity index (χ4n) is 0.803. The highest BCUT2D eigenvalue weighted by molar-refractivity contribution is 7.47. The van der Waals surface area contributed by atoms with Crippen molar-refractivity contribution in [3.05, 3.63) is 29.4 Å². The van der Waals surface area contributed by atoms with Crippen LogP contribution in [-0.2, 0) is 0 Å². The molecule has 2 aromatic rings. The third-order valence-electron chi connectivity index (χ3n) is 1.24. The van der Waals surface area contributed by atoms with E-state index in [0.717, 1.165) is 0 Å². The van der Waals surface area contributed by atoms with E-state index in [4.69, 9.17) is 0 Å². The second kappa shape index (κ2) is 2.09.